The summed E-state index contributed by atoms with van der Waals surface area (Å²) < 4.78 is 5.12. The Hall–Kier alpha value is -1.36. The van der Waals surface area contributed by atoms with E-state index in [1.807, 2.05) is 13.0 Å². The molecule has 1 heterocycles. The second kappa shape index (κ2) is 4.87. The maximum Gasteiger partial charge on any atom is 0.218 e. The summed E-state index contributed by atoms with van der Waals surface area (Å²) in [5.74, 6) is 2.15. The Morgan fingerprint density at radius 1 is 1.47 bits per heavy atom. The van der Waals surface area contributed by atoms with Crippen molar-refractivity contribution in [2.75, 3.05) is 25.5 Å². The van der Waals surface area contributed by atoms with Crippen LogP contribution in [0.1, 0.15) is 25.1 Å². The van der Waals surface area contributed by atoms with E-state index in [0.717, 1.165) is 31.2 Å². The summed E-state index contributed by atoms with van der Waals surface area (Å²) in [6.45, 7) is 3.55. The zero-order valence-corrected chi connectivity index (χ0v) is 10.5. The second-order valence-corrected chi connectivity index (χ2v) is 4.73. The summed E-state index contributed by atoms with van der Waals surface area (Å²) in [6, 6.07) is 1.82. The Kier molecular flexibility index (Phi) is 3.47. The van der Waals surface area contributed by atoms with Crippen LogP contribution >= 0.6 is 0 Å². The molecule has 0 bridgehead atoms. The lowest BCUT2D eigenvalue weighted by Crippen LogP contribution is -2.19. The molecule has 3 N–H and O–H groups in total. The van der Waals surface area contributed by atoms with Gasteiger partial charge in [-0.2, -0.15) is 4.98 Å². The smallest absolute Gasteiger partial charge is 0.218 e. The highest BCUT2D eigenvalue weighted by molar-refractivity contribution is 5.39. The molecule has 0 amide bonds. The number of nitrogens with zero attached hydrogens (tertiary/aromatic N) is 2. The number of aromatic nitrogens is 2. The summed E-state index contributed by atoms with van der Waals surface area (Å²) in [6.07, 6.45) is 3.61. The van der Waals surface area contributed by atoms with Gasteiger partial charge in [-0.15, -0.1) is 0 Å². The van der Waals surface area contributed by atoms with E-state index in [1.165, 1.54) is 12.8 Å². The van der Waals surface area contributed by atoms with Crippen LogP contribution in [0.4, 0.5) is 5.82 Å². The number of anilines is 1. The minimum Gasteiger partial charge on any atom is -0.481 e. The normalized spacial score (nSPS) is 16.6. The lowest BCUT2D eigenvalue weighted by atomic mass is 10.0. The summed E-state index contributed by atoms with van der Waals surface area (Å²) in [4.78, 5) is 8.49. The molecule has 5 nitrogen and oxygen atoms in total. The van der Waals surface area contributed by atoms with Crippen molar-refractivity contribution < 1.29 is 4.74 Å². The lowest BCUT2D eigenvalue weighted by molar-refractivity contribution is 0.395. The van der Waals surface area contributed by atoms with Crippen LogP contribution in [0.25, 0.3) is 0 Å². The van der Waals surface area contributed by atoms with Crippen molar-refractivity contribution >= 4 is 5.82 Å². The van der Waals surface area contributed by atoms with Gasteiger partial charge in [0.25, 0.3) is 0 Å². The van der Waals surface area contributed by atoms with Gasteiger partial charge in [-0.3, -0.25) is 0 Å². The van der Waals surface area contributed by atoms with E-state index in [4.69, 9.17) is 10.5 Å². The third kappa shape index (κ3) is 3.06. The van der Waals surface area contributed by atoms with E-state index in [-0.39, 0.29) is 0 Å². The maximum atomic E-state index is 5.62. The van der Waals surface area contributed by atoms with Crippen molar-refractivity contribution in [1.29, 1.82) is 0 Å². The number of nitrogens with one attached hydrogen (secondary N) is 1. The van der Waals surface area contributed by atoms with Crippen molar-refractivity contribution in [2.45, 2.75) is 26.2 Å². The fourth-order valence-electron chi connectivity index (χ4n) is 2.01. The summed E-state index contributed by atoms with van der Waals surface area (Å²) in [5, 5.41) is 3.36. The standard InChI is InChI=1S/C12H20N4O/c1-9-15-10(7-11(16-9)17-2)14-8-12(3-4-12)5-6-13/h7H,3-6,8,13H2,1-2H3,(H,14,15,16). The van der Waals surface area contributed by atoms with E-state index in [9.17, 15) is 0 Å². The fraction of sp³-hybridized carbons (Fsp3) is 0.667. The Balaban J connectivity index is 1.97. The highest BCUT2D eigenvalue weighted by Crippen LogP contribution is 2.48. The van der Waals surface area contributed by atoms with Crippen molar-refractivity contribution in [2.24, 2.45) is 11.1 Å². The van der Waals surface area contributed by atoms with Gasteiger partial charge in [-0.05, 0) is 38.1 Å². The van der Waals surface area contributed by atoms with Gasteiger partial charge in [0, 0.05) is 12.6 Å². The van der Waals surface area contributed by atoms with Gasteiger partial charge in [0.05, 0.1) is 7.11 Å². The number of rotatable bonds is 6. The topological polar surface area (TPSA) is 73.1 Å². The first kappa shape index (κ1) is 12.1. The highest BCUT2D eigenvalue weighted by atomic mass is 16.5. The minimum absolute atomic E-state index is 0.404. The van der Waals surface area contributed by atoms with Crippen LogP contribution in [0.2, 0.25) is 0 Å². The number of nitrogens with two attached hydrogens (primary N) is 1. The molecule has 1 aromatic rings. The Morgan fingerprint density at radius 2 is 2.24 bits per heavy atom. The maximum absolute atomic E-state index is 5.62. The predicted molar refractivity (Wildman–Crippen MR) is 67.1 cm³/mol. The van der Waals surface area contributed by atoms with Gasteiger partial charge in [-0.1, -0.05) is 0 Å². The molecule has 0 saturated heterocycles. The molecule has 1 aliphatic rings. The number of hydrogen-bond acceptors (Lipinski definition) is 5. The summed E-state index contributed by atoms with van der Waals surface area (Å²) in [7, 11) is 1.61. The molecule has 17 heavy (non-hydrogen) atoms. The van der Waals surface area contributed by atoms with E-state index in [2.05, 4.69) is 15.3 Å². The molecule has 0 aliphatic heterocycles. The molecule has 0 aromatic carbocycles. The zero-order valence-electron chi connectivity index (χ0n) is 10.5. The molecule has 94 valence electrons. The van der Waals surface area contributed by atoms with Crippen LogP contribution in [0.5, 0.6) is 5.88 Å². The monoisotopic (exact) mass is 236 g/mol. The molecule has 0 unspecified atom stereocenters. The first-order chi connectivity index (χ1) is 8.17. The van der Waals surface area contributed by atoms with E-state index >= 15 is 0 Å². The van der Waals surface area contributed by atoms with Gasteiger partial charge in [0.2, 0.25) is 5.88 Å². The van der Waals surface area contributed by atoms with Gasteiger partial charge >= 0.3 is 0 Å². The molecule has 0 spiro atoms. The van der Waals surface area contributed by atoms with Crippen LogP contribution in [-0.4, -0.2) is 30.2 Å². The predicted octanol–water partition coefficient (Wildman–Crippen LogP) is 1.33. The van der Waals surface area contributed by atoms with Crippen LogP contribution in [0, 0.1) is 12.3 Å². The third-order valence-corrected chi connectivity index (χ3v) is 3.30. The molecule has 5 heteroatoms. The molecule has 2 rings (SSSR count). The molecule has 0 atom stereocenters. The highest BCUT2D eigenvalue weighted by Gasteiger charge is 2.41. The molecule has 1 aliphatic carbocycles. The number of aryl methyl sites for hydroxylation is 1. The molecular weight excluding hydrogens is 216 g/mol. The van der Waals surface area contributed by atoms with Crippen LogP contribution in [-0.2, 0) is 0 Å². The van der Waals surface area contributed by atoms with Crippen molar-refractivity contribution in [3.05, 3.63) is 11.9 Å². The SMILES string of the molecule is COc1cc(NCC2(CCN)CC2)nc(C)n1. The largest absolute Gasteiger partial charge is 0.481 e. The van der Waals surface area contributed by atoms with E-state index in [0.29, 0.717) is 11.3 Å². The number of hydrogen-bond donors (Lipinski definition) is 2. The lowest BCUT2D eigenvalue weighted by Gasteiger charge is -2.15. The van der Waals surface area contributed by atoms with Crippen molar-refractivity contribution in [3.63, 3.8) is 0 Å². The van der Waals surface area contributed by atoms with Gasteiger partial charge < -0.3 is 15.8 Å². The average Bonchev–Trinajstić information content (AvgIpc) is 3.07. The first-order valence-electron chi connectivity index (χ1n) is 6.01. The van der Waals surface area contributed by atoms with Gasteiger partial charge in [-0.25, -0.2) is 4.98 Å². The quantitative estimate of drug-likeness (QED) is 0.779. The van der Waals surface area contributed by atoms with Crippen LogP contribution in [0.3, 0.4) is 0 Å². The average molecular weight is 236 g/mol. The van der Waals surface area contributed by atoms with Crippen molar-refractivity contribution in [1.82, 2.24) is 9.97 Å². The summed E-state index contributed by atoms with van der Waals surface area (Å²) in [5.41, 5.74) is 6.02. The van der Waals surface area contributed by atoms with Gasteiger partial charge in [0.15, 0.2) is 0 Å². The number of ether oxygens (including phenoxy) is 1. The molecule has 1 fully saturated rings. The Labute approximate surface area is 102 Å². The minimum atomic E-state index is 0.404. The summed E-state index contributed by atoms with van der Waals surface area (Å²) >= 11 is 0. The number of methoxy groups -OCH3 is 1. The first-order valence-corrected chi connectivity index (χ1v) is 6.01. The Bertz CT molecular complexity index is 390. The molecular formula is C12H20N4O. The van der Waals surface area contributed by atoms with Crippen LogP contribution in [0.15, 0.2) is 6.07 Å². The molecule has 1 saturated carbocycles. The second-order valence-electron chi connectivity index (χ2n) is 4.73. The molecule has 1 aromatic heterocycles. The van der Waals surface area contributed by atoms with E-state index < -0.39 is 0 Å². The van der Waals surface area contributed by atoms with Crippen LogP contribution < -0.4 is 15.8 Å². The fourth-order valence-corrected chi connectivity index (χ4v) is 2.01. The third-order valence-electron chi connectivity index (χ3n) is 3.30. The molecule has 0 radical (unpaired) electrons. The zero-order chi connectivity index (χ0) is 12.3. The van der Waals surface area contributed by atoms with E-state index in [1.54, 1.807) is 7.11 Å². The Morgan fingerprint density at radius 3 is 2.82 bits per heavy atom. The van der Waals surface area contributed by atoms with Gasteiger partial charge in [0.1, 0.15) is 11.6 Å². The van der Waals surface area contributed by atoms with Crippen molar-refractivity contribution in [3.8, 4) is 5.88 Å².